The van der Waals surface area contributed by atoms with E-state index in [0.717, 1.165) is 17.1 Å². The van der Waals surface area contributed by atoms with Crippen molar-refractivity contribution in [3.05, 3.63) is 54.1 Å². The van der Waals surface area contributed by atoms with Crippen LogP contribution in [0.15, 0.2) is 48.5 Å². The van der Waals surface area contributed by atoms with Crippen molar-refractivity contribution in [1.29, 1.82) is 0 Å². The molecule has 0 radical (unpaired) electrons. The van der Waals surface area contributed by atoms with Crippen molar-refractivity contribution in [2.75, 3.05) is 25.5 Å². The zero-order chi connectivity index (χ0) is 16.7. The predicted octanol–water partition coefficient (Wildman–Crippen LogP) is 2.76. The van der Waals surface area contributed by atoms with Crippen LogP contribution in [0.4, 0.5) is 11.4 Å². The Bertz CT molecular complexity index is 641. The fourth-order valence-electron chi connectivity index (χ4n) is 2.07. The SMILES string of the molecule is COc1ccc(Nc2ccccc2C(=O)NCC(C)CN)cc1. The van der Waals surface area contributed by atoms with Crippen LogP contribution < -0.4 is 21.1 Å². The van der Waals surface area contributed by atoms with E-state index < -0.39 is 0 Å². The van der Waals surface area contributed by atoms with Gasteiger partial charge in [-0.25, -0.2) is 0 Å². The Kier molecular flexibility index (Phi) is 6.00. The fourth-order valence-corrected chi connectivity index (χ4v) is 2.07. The zero-order valence-corrected chi connectivity index (χ0v) is 13.5. The second-order valence-corrected chi connectivity index (χ2v) is 5.45. The number of rotatable bonds is 7. The maximum absolute atomic E-state index is 12.4. The van der Waals surface area contributed by atoms with Crippen LogP contribution in [0.5, 0.6) is 5.75 Å². The number of ether oxygens (including phenoxy) is 1. The highest BCUT2D eigenvalue weighted by molar-refractivity contribution is 6.00. The molecule has 1 atom stereocenters. The highest BCUT2D eigenvalue weighted by atomic mass is 16.5. The fraction of sp³-hybridized carbons (Fsp3) is 0.278. The Morgan fingerprint density at radius 3 is 2.52 bits per heavy atom. The number of benzene rings is 2. The zero-order valence-electron chi connectivity index (χ0n) is 13.5. The average Bonchev–Trinajstić information content (AvgIpc) is 2.60. The van der Waals surface area contributed by atoms with Crippen molar-refractivity contribution in [3.8, 4) is 5.75 Å². The summed E-state index contributed by atoms with van der Waals surface area (Å²) >= 11 is 0. The molecule has 5 nitrogen and oxygen atoms in total. The van der Waals surface area contributed by atoms with E-state index in [1.807, 2.05) is 49.4 Å². The van der Waals surface area contributed by atoms with E-state index in [2.05, 4.69) is 10.6 Å². The Hall–Kier alpha value is -2.53. The van der Waals surface area contributed by atoms with Gasteiger partial charge in [-0.2, -0.15) is 0 Å². The summed E-state index contributed by atoms with van der Waals surface area (Å²) in [6.45, 7) is 3.11. The van der Waals surface area contributed by atoms with Crippen molar-refractivity contribution in [2.24, 2.45) is 11.7 Å². The van der Waals surface area contributed by atoms with E-state index >= 15 is 0 Å². The lowest BCUT2D eigenvalue weighted by atomic mass is 10.1. The molecule has 0 aliphatic rings. The van der Waals surface area contributed by atoms with Gasteiger partial charge >= 0.3 is 0 Å². The van der Waals surface area contributed by atoms with Crippen molar-refractivity contribution in [3.63, 3.8) is 0 Å². The largest absolute Gasteiger partial charge is 0.497 e. The molecule has 0 aliphatic carbocycles. The van der Waals surface area contributed by atoms with Gasteiger partial charge in [-0.05, 0) is 48.9 Å². The first-order valence-electron chi connectivity index (χ1n) is 7.62. The van der Waals surface area contributed by atoms with E-state index in [-0.39, 0.29) is 11.8 Å². The van der Waals surface area contributed by atoms with Crippen LogP contribution in [-0.2, 0) is 0 Å². The number of hydrogen-bond donors (Lipinski definition) is 3. The summed E-state index contributed by atoms with van der Waals surface area (Å²) in [6, 6.07) is 15.0. The minimum Gasteiger partial charge on any atom is -0.497 e. The molecule has 0 bridgehead atoms. The van der Waals surface area contributed by atoms with Gasteiger partial charge < -0.3 is 21.1 Å². The van der Waals surface area contributed by atoms with Crippen LogP contribution >= 0.6 is 0 Å². The van der Waals surface area contributed by atoms with E-state index in [1.54, 1.807) is 13.2 Å². The molecule has 122 valence electrons. The van der Waals surface area contributed by atoms with Gasteiger partial charge in [0.1, 0.15) is 5.75 Å². The van der Waals surface area contributed by atoms with Crippen LogP contribution in [0.3, 0.4) is 0 Å². The van der Waals surface area contributed by atoms with Gasteiger partial charge in [-0.1, -0.05) is 19.1 Å². The molecule has 0 heterocycles. The number of amides is 1. The summed E-state index contributed by atoms with van der Waals surface area (Å²) in [5.74, 6) is 0.930. The van der Waals surface area contributed by atoms with Crippen LogP contribution in [0.2, 0.25) is 0 Å². The molecule has 0 fully saturated rings. The highest BCUT2D eigenvalue weighted by Crippen LogP contribution is 2.22. The molecule has 2 aromatic rings. The first-order valence-corrected chi connectivity index (χ1v) is 7.62. The minimum absolute atomic E-state index is 0.109. The molecule has 1 amide bonds. The minimum atomic E-state index is -0.109. The number of anilines is 2. The second-order valence-electron chi connectivity index (χ2n) is 5.45. The van der Waals surface area contributed by atoms with E-state index in [0.29, 0.717) is 18.7 Å². The van der Waals surface area contributed by atoms with Crippen molar-refractivity contribution < 1.29 is 9.53 Å². The van der Waals surface area contributed by atoms with Crippen LogP contribution in [0.25, 0.3) is 0 Å². The van der Waals surface area contributed by atoms with Gasteiger partial charge in [-0.15, -0.1) is 0 Å². The van der Waals surface area contributed by atoms with Gasteiger partial charge in [0.25, 0.3) is 5.91 Å². The number of carbonyl (C=O) groups excluding carboxylic acids is 1. The third-order valence-electron chi connectivity index (χ3n) is 3.55. The number of nitrogens with one attached hydrogen (secondary N) is 2. The molecule has 23 heavy (non-hydrogen) atoms. The molecule has 0 aromatic heterocycles. The summed E-state index contributed by atoms with van der Waals surface area (Å²) in [6.07, 6.45) is 0. The highest BCUT2D eigenvalue weighted by Gasteiger charge is 2.11. The summed E-state index contributed by atoms with van der Waals surface area (Å²) in [5, 5.41) is 6.18. The molecule has 1 unspecified atom stereocenters. The summed E-state index contributed by atoms with van der Waals surface area (Å²) in [4.78, 5) is 12.4. The molecule has 0 saturated carbocycles. The molecule has 0 saturated heterocycles. The first-order chi connectivity index (χ1) is 11.1. The molecule has 5 heteroatoms. The number of para-hydroxylation sites is 1. The Labute approximate surface area is 136 Å². The maximum Gasteiger partial charge on any atom is 0.253 e. The topological polar surface area (TPSA) is 76.4 Å². The first kappa shape index (κ1) is 16.8. The van der Waals surface area contributed by atoms with E-state index in [1.165, 1.54) is 0 Å². The van der Waals surface area contributed by atoms with Crippen molar-refractivity contribution >= 4 is 17.3 Å². The number of nitrogens with two attached hydrogens (primary N) is 1. The molecular formula is C18H23N3O2. The van der Waals surface area contributed by atoms with E-state index in [4.69, 9.17) is 10.5 Å². The van der Waals surface area contributed by atoms with Crippen molar-refractivity contribution in [1.82, 2.24) is 5.32 Å². The summed E-state index contributed by atoms with van der Waals surface area (Å²) in [5.41, 5.74) is 7.83. The summed E-state index contributed by atoms with van der Waals surface area (Å²) < 4.78 is 5.14. The molecule has 2 aromatic carbocycles. The molecule has 0 aliphatic heterocycles. The Morgan fingerprint density at radius 2 is 1.87 bits per heavy atom. The lowest BCUT2D eigenvalue weighted by molar-refractivity contribution is 0.0949. The van der Waals surface area contributed by atoms with Crippen molar-refractivity contribution in [2.45, 2.75) is 6.92 Å². The molecule has 2 rings (SSSR count). The third kappa shape index (κ3) is 4.72. The van der Waals surface area contributed by atoms with Crippen LogP contribution in [0, 0.1) is 5.92 Å². The Balaban J connectivity index is 2.11. The Morgan fingerprint density at radius 1 is 1.17 bits per heavy atom. The lowest BCUT2D eigenvalue weighted by Gasteiger charge is -2.14. The monoisotopic (exact) mass is 313 g/mol. The van der Waals surface area contributed by atoms with Gasteiger partial charge in [0, 0.05) is 12.2 Å². The van der Waals surface area contributed by atoms with Gasteiger partial charge in [-0.3, -0.25) is 4.79 Å². The number of methoxy groups -OCH3 is 1. The number of carbonyl (C=O) groups is 1. The van der Waals surface area contributed by atoms with Gasteiger partial charge in [0.2, 0.25) is 0 Å². The summed E-state index contributed by atoms with van der Waals surface area (Å²) in [7, 11) is 1.63. The third-order valence-corrected chi connectivity index (χ3v) is 3.55. The van der Waals surface area contributed by atoms with Gasteiger partial charge in [0.05, 0.1) is 18.4 Å². The number of hydrogen-bond acceptors (Lipinski definition) is 4. The maximum atomic E-state index is 12.4. The smallest absolute Gasteiger partial charge is 0.253 e. The normalized spacial score (nSPS) is 11.6. The standard InChI is InChI=1S/C18H23N3O2/c1-13(11-19)12-20-18(22)16-5-3-4-6-17(16)21-14-7-9-15(23-2)10-8-14/h3-10,13,21H,11-12,19H2,1-2H3,(H,20,22). The average molecular weight is 313 g/mol. The molecular weight excluding hydrogens is 290 g/mol. The quantitative estimate of drug-likeness (QED) is 0.734. The molecule has 0 spiro atoms. The van der Waals surface area contributed by atoms with Gasteiger partial charge in [0.15, 0.2) is 0 Å². The lowest BCUT2D eigenvalue weighted by Crippen LogP contribution is -2.31. The van der Waals surface area contributed by atoms with Crippen LogP contribution in [-0.4, -0.2) is 26.1 Å². The van der Waals surface area contributed by atoms with E-state index in [9.17, 15) is 4.79 Å². The van der Waals surface area contributed by atoms with Crippen LogP contribution in [0.1, 0.15) is 17.3 Å². The molecule has 4 N–H and O–H groups in total. The predicted molar refractivity (Wildman–Crippen MR) is 93.3 cm³/mol. The second kappa shape index (κ2) is 8.19.